The summed E-state index contributed by atoms with van der Waals surface area (Å²) in [6.07, 6.45) is 0.588. The minimum Gasteiger partial charge on any atom is -0.315 e. The van der Waals surface area contributed by atoms with E-state index in [0.717, 1.165) is 49.5 Å². The van der Waals surface area contributed by atoms with E-state index in [1.165, 1.54) is 0 Å². The van der Waals surface area contributed by atoms with Gasteiger partial charge in [0.2, 0.25) is 5.91 Å². The average molecular weight is 275 g/mol. The molecule has 0 atom stereocenters. The molecule has 0 radical (unpaired) electrons. The summed E-state index contributed by atoms with van der Waals surface area (Å²) in [6, 6.07) is 6.15. The van der Waals surface area contributed by atoms with Gasteiger partial charge in [0, 0.05) is 51.9 Å². The van der Waals surface area contributed by atoms with Crippen LogP contribution in [-0.2, 0) is 4.79 Å². The average Bonchev–Trinajstić information content (AvgIpc) is 2.45. The van der Waals surface area contributed by atoms with E-state index in [4.69, 9.17) is 0 Å². The van der Waals surface area contributed by atoms with Crippen LogP contribution in [0.2, 0.25) is 0 Å². The van der Waals surface area contributed by atoms with Crippen molar-refractivity contribution in [3.63, 3.8) is 0 Å². The largest absolute Gasteiger partial charge is 0.315 e. The number of rotatable bonds is 4. The molecule has 0 unspecified atom stereocenters. The normalized spacial score (nSPS) is 16.1. The molecule has 4 heteroatoms. The van der Waals surface area contributed by atoms with Gasteiger partial charge < -0.3 is 15.1 Å². The van der Waals surface area contributed by atoms with Gasteiger partial charge in [0.05, 0.1) is 0 Å². The van der Waals surface area contributed by atoms with Gasteiger partial charge in [-0.2, -0.15) is 0 Å². The summed E-state index contributed by atoms with van der Waals surface area (Å²) in [5.41, 5.74) is 3.36. The van der Waals surface area contributed by atoms with E-state index >= 15 is 0 Å². The van der Waals surface area contributed by atoms with Crippen molar-refractivity contribution < 1.29 is 4.79 Å². The van der Waals surface area contributed by atoms with E-state index in [-0.39, 0.29) is 5.91 Å². The van der Waals surface area contributed by atoms with Gasteiger partial charge in [-0.15, -0.1) is 0 Å². The van der Waals surface area contributed by atoms with Crippen LogP contribution in [0.4, 0.5) is 5.69 Å². The zero-order valence-corrected chi connectivity index (χ0v) is 12.8. The minimum atomic E-state index is 0.195. The lowest BCUT2D eigenvalue weighted by Crippen LogP contribution is -2.44. The van der Waals surface area contributed by atoms with Crippen molar-refractivity contribution in [1.82, 2.24) is 10.2 Å². The summed E-state index contributed by atoms with van der Waals surface area (Å²) in [6.45, 7) is 9.11. The van der Waals surface area contributed by atoms with Crippen molar-refractivity contribution >= 4 is 11.6 Å². The lowest BCUT2D eigenvalue weighted by molar-refractivity contribution is -0.118. The van der Waals surface area contributed by atoms with Crippen LogP contribution in [0.3, 0.4) is 0 Å². The Morgan fingerprint density at radius 3 is 2.45 bits per heavy atom. The van der Waals surface area contributed by atoms with E-state index in [0.29, 0.717) is 6.42 Å². The Balaban J connectivity index is 1.94. The summed E-state index contributed by atoms with van der Waals surface area (Å²) < 4.78 is 0. The first-order valence-corrected chi connectivity index (χ1v) is 7.35. The standard InChI is InChI=1S/C16H25N3O/c1-13-5-4-6-14(2)16(13)18(3)15(20)7-10-19-11-8-17-9-12-19/h4-6,17H,7-12H2,1-3H3. The third-order valence-electron chi connectivity index (χ3n) is 4.00. The number of piperazine rings is 1. The molecular formula is C16H25N3O. The van der Waals surface area contributed by atoms with E-state index < -0.39 is 0 Å². The van der Waals surface area contributed by atoms with Crippen LogP contribution in [0.5, 0.6) is 0 Å². The van der Waals surface area contributed by atoms with Gasteiger partial charge in [-0.1, -0.05) is 18.2 Å². The second-order valence-electron chi connectivity index (χ2n) is 5.53. The van der Waals surface area contributed by atoms with Gasteiger partial charge in [-0.05, 0) is 25.0 Å². The topological polar surface area (TPSA) is 35.6 Å². The van der Waals surface area contributed by atoms with Gasteiger partial charge in [-0.25, -0.2) is 0 Å². The smallest absolute Gasteiger partial charge is 0.228 e. The molecule has 0 saturated carbocycles. The lowest BCUT2D eigenvalue weighted by atomic mass is 10.1. The number of nitrogens with zero attached hydrogens (tertiary/aromatic N) is 2. The van der Waals surface area contributed by atoms with Gasteiger partial charge in [0.1, 0.15) is 0 Å². The number of nitrogens with one attached hydrogen (secondary N) is 1. The molecule has 20 heavy (non-hydrogen) atoms. The summed E-state index contributed by atoms with van der Waals surface area (Å²) in [5.74, 6) is 0.195. The van der Waals surface area contributed by atoms with Crippen LogP contribution in [0.1, 0.15) is 17.5 Å². The van der Waals surface area contributed by atoms with Crippen LogP contribution < -0.4 is 10.2 Å². The Bertz CT molecular complexity index is 447. The Hall–Kier alpha value is -1.39. The Labute approximate surface area is 121 Å². The molecule has 1 heterocycles. The molecule has 2 rings (SSSR count). The van der Waals surface area contributed by atoms with Gasteiger partial charge >= 0.3 is 0 Å². The predicted molar refractivity (Wildman–Crippen MR) is 83.3 cm³/mol. The maximum atomic E-state index is 12.4. The molecule has 0 aromatic heterocycles. The van der Waals surface area contributed by atoms with Crippen molar-refractivity contribution in [3.05, 3.63) is 29.3 Å². The number of hydrogen-bond acceptors (Lipinski definition) is 3. The molecule has 1 fully saturated rings. The molecule has 4 nitrogen and oxygen atoms in total. The minimum absolute atomic E-state index is 0.195. The Morgan fingerprint density at radius 2 is 1.85 bits per heavy atom. The highest BCUT2D eigenvalue weighted by molar-refractivity contribution is 5.94. The highest BCUT2D eigenvalue weighted by Crippen LogP contribution is 2.23. The molecular weight excluding hydrogens is 250 g/mol. The lowest BCUT2D eigenvalue weighted by Gasteiger charge is -2.28. The number of benzene rings is 1. The zero-order valence-electron chi connectivity index (χ0n) is 12.8. The number of amides is 1. The van der Waals surface area contributed by atoms with Gasteiger partial charge in [0.15, 0.2) is 0 Å². The molecule has 1 aromatic rings. The SMILES string of the molecule is Cc1cccc(C)c1N(C)C(=O)CCN1CCNCC1. The summed E-state index contributed by atoms with van der Waals surface area (Å²) in [7, 11) is 1.88. The fourth-order valence-electron chi connectivity index (χ4n) is 2.82. The molecule has 110 valence electrons. The van der Waals surface area contributed by atoms with Crippen LogP contribution in [0.25, 0.3) is 0 Å². The number of hydrogen-bond donors (Lipinski definition) is 1. The summed E-state index contributed by atoms with van der Waals surface area (Å²) in [5, 5.41) is 3.33. The fourth-order valence-corrected chi connectivity index (χ4v) is 2.82. The van der Waals surface area contributed by atoms with Crippen LogP contribution in [0, 0.1) is 13.8 Å². The summed E-state index contributed by atoms with van der Waals surface area (Å²) in [4.78, 5) is 16.5. The highest BCUT2D eigenvalue weighted by atomic mass is 16.2. The molecule has 0 spiro atoms. The highest BCUT2D eigenvalue weighted by Gasteiger charge is 2.17. The quantitative estimate of drug-likeness (QED) is 0.906. The summed E-state index contributed by atoms with van der Waals surface area (Å²) >= 11 is 0. The molecule has 0 aliphatic carbocycles. The molecule has 1 aliphatic heterocycles. The second-order valence-corrected chi connectivity index (χ2v) is 5.53. The number of para-hydroxylation sites is 1. The molecule has 1 aliphatic rings. The first-order chi connectivity index (χ1) is 9.59. The third-order valence-corrected chi connectivity index (χ3v) is 4.00. The van der Waals surface area contributed by atoms with Crippen LogP contribution >= 0.6 is 0 Å². The van der Waals surface area contributed by atoms with Gasteiger partial charge in [-0.3, -0.25) is 4.79 Å². The Morgan fingerprint density at radius 1 is 1.25 bits per heavy atom. The molecule has 1 N–H and O–H groups in total. The van der Waals surface area contributed by atoms with Crippen LogP contribution in [-0.4, -0.2) is 50.6 Å². The number of anilines is 1. The maximum Gasteiger partial charge on any atom is 0.228 e. The number of carbonyl (C=O) groups is 1. The monoisotopic (exact) mass is 275 g/mol. The third kappa shape index (κ3) is 3.58. The van der Waals surface area contributed by atoms with Crippen molar-refractivity contribution in [2.75, 3.05) is 44.7 Å². The van der Waals surface area contributed by atoms with E-state index in [1.807, 2.05) is 18.0 Å². The van der Waals surface area contributed by atoms with E-state index in [2.05, 4.69) is 36.2 Å². The van der Waals surface area contributed by atoms with Crippen molar-refractivity contribution in [2.24, 2.45) is 0 Å². The first kappa shape index (κ1) is 15.0. The zero-order chi connectivity index (χ0) is 14.5. The predicted octanol–water partition coefficient (Wildman–Crippen LogP) is 1.56. The van der Waals surface area contributed by atoms with Gasteiger partial charge in [0.25, 0.3) is 0 Å². The number of aryl methyl sites for hydroxylation is 2. The van der Waals surface area contributed by atoms with Crippen molar-refractivity contribution in [3.8, 4) is 0 Å². The van der Waals surface area contributed by atoms with Crippen LogP contribution in [0.15, 0.2) is 18.2 Å². The van der Waals surface area contributed by atoms with Crippen molar-refractivity contribution in [2.45, 2.75) is 20.3 Å². The molecule has 1 aromatic carbocycles. The molecule has 0 bridgehead atoms. The maximum absolute atomic E-state index is 12.4. The second kappa shape index (κ2) is 6.86. The first-order valence-electron chi connectivity index (χ1n) is 7.35. The fraction of sp³-hybridized carbons (Fsp3) is 0.562. The number of carbonyl (C=O) groups excluding carboxylic acids is 1. The van der Waals surface area contributed by atoms with Crippen molar-refractivity contribution in [1.29, 1.82) is 0 Å². The molecule has 1 amide bonds. The van der Waals surface area contributed by atoms with E-state index in [9.17, 15) is 4.79 Å². The van der Waals surface area contributed by atoms with E-state index in [1.54, 1.807) is 0 Å². The Kier molecular flexibility index (Phi) is 5.15. The molecule has 1 saturated heterocycles.